The molecule has 1 aliphatic heterocycles. The highest BCUT2D eigenvalue weighted by Gasteiger charge is 2.24. The molecule has 1 atom stereocenters. The van der Waals surface area contributed by atoms with Crippen LogP contribution in [0, 0.1) is 6.92 Å². The minimum Gasteiger partial charge on any atom is -0.370 e. The van der Waals surface area contributed by atoms with Crippen molar-refractivity contribution in [2.24, 2.45) is 0 Å². The van der Waals surface area contributed by atoms with E-state index in [2.05, 4.69) is 55.8 Å². The van der Waals surface area contributed by atoms with Crippen molar-refractivity contribution in [3.05, 3.63) is 29.3 Å². The average Bonchev–Trinajstić information content (AvgIpc) is 2.38. The Balaban J connectivity index is 2.12. The van der Waals surface area contributed by atoms with Crippen molar-refractivity contribution in [3.8, 4) is 0 Å². The monoisotopic (exact) mass is 246 g/mol. The van der Waals surface area contributed by atoms with E-state index in [1.54, 1.807) is 0 Å². The van der Waals surface area contributed by atoms with Crippen molar-refractivity contribution in [3.63, 3.8) is 0 Å². The van der Waals surface area contributed by atoms with Crippen LogP contribution in [-0.4, -0.2) is 37.6 Å². The molecule has 0 spiro atoms. The Hall–Kier alpha value is -1.02. The summed E-state index contributed by atoms with van der Waals surface area (Å²) < 4.78 is 0. The molecule has 0 saturated heterocycles. The molecule has 2 nitrogen and oxygen atoms in total. The maximum Gasteiger partial charge on any atom is 0.0417 e. The number of rotatable bonds is 4. The second kappa shape index (κ2) is 5.75. The van der Waals surface area contributed by atoms with Gasteiger partial charge in [0, 0.05) is 25.3 Å². The first-order valence-electron chi connectivity index (χ1n) is 7.20. The van der Waals surface area contributed by atoms with Crippen LogP contribution < -0.4 is 4.90 Å². The summed E-state index contributed by atoms with van der Waals surface area (Å²) >= 11 is 0. The molecule has 0 N–H and O–H groups in total. The molecule has 0 bridgehead atoms. The minimum absolute atomic E-state index is 0.667. The van der Waals surface area contributed by atoms with Gasteiger partial charge in [0.1, 0.15) is 0 Å². The predicted molar refractivity (Wildman–Crippen MR) is 79.5 cm³/mol. The minimum atomic E-state index is 0.667. The largest absolute Gasteiger partial charge is 0.370 e. The van der Waals surface area contributed by atoms with Gasteiger partial charge < -0.3 is 9.80 Å². The number of anilines is 1. The fourth-order valence-corrected chi connectivity index (χ4v) is 2.96. The fraction of sp³-hybridized carbons (Fsp3) is 0.625. The molecular weight excluding hydrogens is 220 g/mol. The van der Waals surface area contributed by atoms with Crippen LogP contribution in [0.1, 0.15) is 31.4 Å². The average molecular weight is 246 g/mol. The van der Waals surface area contributed by atoms with Gasteiger partial charge >= 0.3 is 0 Å². The summed E-state index contributed by atoms with van der Waals surface area (Å²) in [7, 11) is 2.25. The number of hydrogen-bond donors (Lipinski definition) is 0. The standard InChI is InChI=1S/C16H26N2/c1-5-18(6-2)12-15-9-8-14-11-13(3)7-10-16(14)17(15)4/h7,10-11,15H,5-6,8-9,12H2,1-4H3/t15-/m0/s1. The Morgan fingerprint density at radius 3 is 2.67 bits per heavy atom. The Labute approximate surface area is 112 Å². The molecule has 0 aromatic heterocycles. The third kappa shape index (κ3) is 2.69. The lowest BCUT2D eigenvalue weighted by Crippen LogP contribution is -2.44. The zero-order valence-corrected chi connectivity index (χ0v) is 12.2. The molecule has 1 heterocycles. The first-order valence-corrected chi connectivity index (χ1v) is 7.20. The van der Waals surface area contributed by atoms with Gasteiger partial charge in [0.15, 0.2) is 0 Å². The smallest absolute Gasteiger partial charge is 0.0417 e. The predicted octanol–water partition coefficient (Wildman–Crippen LogP) is 3.09. The summed E-state index contributed by atoms with van der Waals surface area (Å²) in [4.78, 5) is 5.01. The SMILES string of the molecule is CCN(CC)C[C@@H]1CCc2cc(C)ccc2N1C. The summed E-state index contributed by atoms with van der Waals surface area (Å²) in [5.41, 5.74) is 4.33. The van der Waals surface area contributed by atoms with E-state index in [-0.39, 0.29) is 0 Å². The Kier molecular flexibility index (Phi) is 4.28. The lowest BCUT2D eigenvalue weighted by Gasteiger charge is -2.38. The zero-order chi connectivity index (χ0) is 13.1. The van der Waals surface area contributed by atoms with Gasteiger partial charge in [-0.05, 0) is 44.5 Å². The molecule has 0 saturated carbocycles. The van der Waals surface area contributed by atoms with Crippen molar-refractivity contribution in [2.45, 2.75) is 39.7 Å². The number of aryl methyl sites for hydroxylation is 2. The van der Waals surface area contributed by atoms with Crippen molar-refractivity contribution < 1.29 is 0 Å². The van der Waals surface area contributed by atoms with Gasteiger partial charge in [0.05, 0.1) is 0 Å². The van der Waals surface area contributed by atoms with Gasteiger partial charge in [0.25, 0.3) is 0 Å². The van der Waals surface area contributed by atoms with Crippen LogP contribution in [0.4, 0.5) is 5.69 Å². The molecule has 100 valence electrons. The van der Waals surface area contributed by atoms with E-state index in [1.807, 2.05) is 0 Å². The molecule has 0 fully saturated rings. The van der Waals surface area contributed by atoms with E-state index in [0.29, 0.717) is 6.04 Å². The highest BCUT2D eigenvalue weighted by Crippen LogP contribution is 2.30. The second-order valence-corrected chi connectivity index (χ2v) is 5.42. The van der Waals surface area contributed by atoms with Crippen LogP contribution in [-0.2, 0) is 6.42 Å². The summed E-state index contributed by atoms with van der Waals surface area (Å²) in [5.74, 6) is 0. The van der Waals surface area contributed by atoms with E-state index in [4.69, 9.17) is 0 Å². The summed E-state index contributed by atoms with van der Waals surface area (Å²) in [5, 5.41) is 0. The van der Waals surface area contributed by atoms with Crippen LogP contribution in [0.25, 0.3) is 0 Å². The fourth-order valence-electron chi connectivity index (χ4n) is 2.96. The van der Waals surface area contributed by atoms with Crippen molar-refractivity contribution in [2.75, 3.05) is 31.6 Å². The Bertz CT molecular complexity index is 396. The third-order valence-electron chi connectivity index (χ3n) is 4.27. The molecular formula is C16H26N2. The highest BCUT2D eigenvalue weighted by atomic mass is 15.2. The van der Waals surface area contributed by atoms with Crippen LogP contribution in [0.5, 0.6) is 0 Å². The van der Waals surface area contributed by atoms with Crippen LogP contribution >= 0.6 is 0 Å². The first-order chi connectivity index (χ1) is 8.65. The maximum atomic E-state index is 2.53. The Morgan fingerprint density at radius 1 is 1.28 bits per heavy atom. The molecule has 0 amide bonds. The van der Waals surface area contributed by atoms with E-state index in [1.165, 1.54) is 36.2 Å². The zero-order valence-electron chi connectivity index (χ0n) is 12.2. The van der Waals surface area contributed by atoms with Gasteiger partial charge in [0.2, 0.25) is 0 Å². The normalized spacial score (nSPS) is 19.2. The van der Waals surface area contributed by atoms with E-state index in [9.17, 15) is 0 Å². The molecule has 2 heteroatoms. The third-order valence-corrected chi connectivity index (χ3v) is 4.27. The molecule has 2 rings (SSSR count). The van der Waals surface area contributed by atoms with Crippen LogP contribution in [0.3, 0.4) is 0 Å². The lowest BCUT2D eigenvalue weighted by atomic mass is 9.94. The maximum absolute atomic E-state index is 2.53. The number of fused-ring (bicyclic) bond motifs is 1. The van der Waals surface area contributed by atoms with Crippen molar-refractivity contribution in [1.29, 1.82) is 0 Å². The van der Waals surface area contributed by atoms with Crippen molar-refractivity contribution in [1.82, 2.24) is 4.90 Å². The van der Waals surface area contributed by atoms with E-state index < -0.39 is 0 Å². The number of nitrogens with zero attached hydrogens (tertiary/aromatic N) is 2. The molecule has 1 aromatic carbocycles. The summed E-state index contributed by atoms with van der Waals surface area (Å²) in [6.07, 6.45) is 2.51. The number of likely N-dealkylation sites (N-methyl/N-ethyl adjacent to an activating group) is 2. The van der Waals surface area contributed by atoms with Crippen LogP contribution in [0.15, 0.2) is 18.2 Å². The van der Waals surface area contributed by atoms with Gasteiger partial charge in [-0.2, -0.15) is 0 Å². The van der Waals surface area contributed by atoms with Gasteiger partial charge in [-0.25, -0.2) is 0 Å². The molecule has 0 aliphatic carbocycles. The molecule has 0 unspecified atom stereocenters. The first kappa shape index (κ1) is 13.4. The van der Waals surface area contributed by atoms with E-state index >= 15 is 0 Å². The molecule has 1 aromatic rings. The molecule has 1 aliphatic rings. The Morgan fingerprint density at radius 2 is 2.00 bits per heavy atom. The topological polar surface area (TPSA) is 6.48 Å². The highest BCUT2D eigenvalue weighted by molar-refractivity contribution is 5.57. The summed E-state index contributed by atoms with van der Waals surface area (Å²) in [6.45, 7) is 10.2. The number of benzene rings is 1. The van der Waals surface area contributed by atoms with Gasteiger partial charge in [-0.3, -0.25) is 0 Å². The molecule has 18 heavy (non-hydrogen) atoms. The number of hydrogen-bond acceptors (Lipinski definition) is 2. The van der Waals surface area contributed by atoms with Crippen LogP contribution in [0.2, 0.25) is 0 Å². The van der Waals surface area contributed by atoms with E-state index in [0.717, 1.165) is 13.1 Å². The molecule has 0 radical (unpaired) electrons. The second-order valence-electron chi connectivity index (χ2n) is 5.42. The van der Waals surface area contributed by atoms with Gasteiger partial charge in [-0.1, -0.05) is 31.5 Å². The lowest BCUT2D eigenvalue weighted by molar-refractivity contribution is 0.272. The van der Waals surface area contributed by atoms with Crippen molar-refractivity contribution >= 4 is 5.69 Å². The quantitative estimate of drug-likeness (QED) is 0.805. The summed E-state index contributed by atoms with van der Waals surface area (Å²) in [6, 6.07) is 7.54. The van der Waals surface area contributed by atoms with Gasteiger partial charge in [-0.15, -0.1) is 0 Å².